The molecule has 5 rings (SSSR count). The summed E-state index contributed by atoms with van der Waals surface area (Å²) < 4.78 is 0. The van der Waals surface area contributed by atoms with E-state index in [2.05, 4.69) is 41.5 Å². The summed E-state index contributed by atoms with van der Waals surface area (Å²) in [5, 5.41) is 10.4. The van der Waals surface area contributed by atoms with Crippen LogP contribution in [0.1, 0.15) is 99.3 Å². The largest absolute Gasteiger partial charge is 0.481 e. The molecule has 0 unspecified atom stereocenters. The average molecular weight is 455 g/mol. The van der Waals surface area contributed by atoms with Gasteiger partial charge in [-0.15, -0.1) is 0 Å². The highest BCUT2D eigenvalue weighted by molar-refractivity contribution is 5.96. The molecular formula is C29H42O4. The van der Waals surface area contributed by atoms with Crippen LogP contribution >= 0.6 is 0 Å². The highest BCUT2D eigenvalue weighted by Gasteiger charge is 2.70. The van der Waals surface area contributed by atoms with Gasteiger partial charge in [-0.1, -0.05) is 47.1 Å². The normalized spacial score (nSPS) is 50.9. The molecular weight excluding hydrogens is 412 g/mol. The Morgan fingerprint density at radius 1 is 0.939 bits per heavy atom. The Bertz CT molecular complexity index is 961. The zero-order valence-electron chi connectivity index (χ0n) is 21.4. The maximum absolute atomic E-state index is 14.1. The fraction of sp³-hybridized carbons (Fsp3) is 0.828. The van der Waals surface area contributed by atoms with E-state index in [1.54, 1.807) is 0 Å². The van der Waals surface area contributed by atoms with Gasteiger partial charge in [0, 0.05) is 18.3 Å². The summed E-state index contributed by atoms with van der Waals surface area (Å²) in [4.78, 5) is 39.4. The van der Waals surface area contributed by atoms with Gasteiger partial charge in [-0.05, 0) is 90.9 Å². The van der Waals surface area contributed by atoms with E-state index in [1.165, 1.54) is 5.57 Å². The molecule has 4 nitrogen and oxygen atoms in total. The minimum atomic E-state index is -0.760. The summed E-state index contributed by atoms with van der Waals surface area (Å²) in [6.45, 7) is 13.6. The molecule has 33 heavy (non-hydrogen) atoms. The maximum atomic E-state index is 14.1. The minimum Gasteiger partial charge on any atom is -0.481 e. The number of allylic oxidation sites excluding steroid dienone is 2. The third-order valence-electron chi connectivity index (χ3n) is 12.2. The lowest BCUT2D eigenvalue weighted by Gasteiger charge is -2.68. The van der Waals surface area contributed by atoms with E-state index in [-0.39, 0.29) is 45.2 Å². The summed E-state index contributed by atoms with van der Waals surface area (Å²) in [5.74, 6) is -0.101. The topological polar surface area (TPSA) is 71.4 Å². The van der Waals surface area contributed by atoms with Crippen LogP contribution in [-0.2, 0) is 14.4 Å². The van der Waals surface area contributed by atoms with Crippen LogP contribution in [0.25, 0.3) is 0 Å². The SMILES string of the molecule is C[C@@H]1C(=O)CC[C@]2(C)C3=CC(=O)[C@@H]4[C@@H]5CC(C)(C)CC[C@]5(C(=O)O)CC[C@@]4(C)[C@]3(C)CC[C@@H]12. The number of carbonyl (C=O) groups excluding carboxylic acids is 2. The summed E-state index contributed by atoms with van der Waals surface area (Å²) in [5.41, 5.74) is 0.122. The Labute approximate surface area is 199 Å². The summed E-state index contributed by atoms with van der Waals surface area (Å²) in [6.07, 6.45) is 9.33. The molecule has 0 spiro atoms. The molecule has 0 saturated heterocycles. The molecule has 5 aliphatic rings. The lowest BCUT2D eigenvalue weighted by molar-refractivity contribution is -0.189. The Hall–Kier alpha value is -1.45. The van der Waals surface area contributed by atoms with Crippen molar-refractivity contribution in [1.29, 1.82) is 0 Å². The number of hydrogen-bond donors (Lipinski definition) is 1. The quantitative estimate of drug-likeness (QED) is 0.510. The van der Waals surface area contributed by atoms with Crippen molar-refractivity contribution in [2.75, 3.05) is 0 Å². The summed E-state index contributed by atoms with van der Waals surface area (Å²) in [7, 11) is 0. The van der Waals surface area contributed by atoms with E-state index >= 15 is 0 Å². The van der Waals surface area contributed by atoms with Crippen LogP contribution in [0.5, 0.6) is 0 Å². The lowest BCUT2D eigenvalue weighted by atomic mass is 9.34. The predicted octanol–water partition coefficient (Wildman–Crippen LogP) is 6.23. The van der Waals surface area contributed by atoms with E-state index in [9.17, 15) is 19.5 Å². The first-order valence-corrected chi connectivity index (χ1v) is 13.2. The number of carbonyl (C=O) groups is 3. The molecule has 0 heterocycles. The van der Waals surface area contributed by atoms with Crippen molar-refractivity contribution in [3.05, 3.63) is 11.6 Å². The van der Waals surface area contributed by atoms with Crippen LogP contribution in [0, 0.1) is 50.7 Å². The first kappa shape index (κ1) is 23.3. The standard InChI is InChI=1S/C29H42O4/c1-17-18-7-10-27(5)22(26(18,4)9-8-20(17)30)15-21(31)23-19-16-25(2,3)11-13-29(19,24(32)33)14-12-28(23,27)6/h15,17-19,23H,7-14,16H2,1-6H3,(H,32,33)/t17-,18-,19-,23-,26-,27+,28+,29-/m0/s1. The van der Waals surface area contributed by atoms with Gasteiger partial charge in [-0.3, -0.25) is 14.4 Å². The van der Waals surface area contributed by atoms with Gasteiger partial charge in [0.05, 0.1) is 5.41 Å². The Balaban J connectivity index is 1.65. The highest BCUT2D eigenvalue weighted by atomic mass is 16.4. The number of hydrogen-bond acceptors (Lipinski definition) is 3. The Kier molecular flexibility index (Phi) is 4.81. The molecule has 0 aromatic carbocycles. The second-order valence-corrected chi connectivity index (χ2v) is 13.9. The van der Waals surface area contributed by atoms with E-state index in [0.29, 0.717) is 31.0 Å². The van der Waals surface area contributed by atoms with Crippen LogP contribution in [0.4, 0.5) is 0 Å². The lowest BCUT2D eigenvalue weighted by Crippen LogP contribution is -2.65. The van der Waals surface area contributed by atoms with Crippen molar-refractivity contribution in [1.82, 2.24) is 0 Å². The smallest absolute Gasteiger partial charge is 0.309 e. The van der Waals surface area contributed by atoms with Crippen LogP contribution in [-0.4, -0.2) is 22.6 Å². The van der Waals surface area contributed by atoms with E-state index in [4.69, 9.17) is 0 Å². The van der Waals surface area contributed by atoms with Gasteiger partial charge in [-0.2, -0.15) is 0 Å². The van der Waals surface area contributed by atoms with E-state index < -0.39 is 11.4 Å². The van der Waals surface area contributed by atoms with Gasteiger partial charge in [0.2, 0.25) is 0 Å². The number of rotatable bonds is 1. The number of ketones is 2. The average Bonchev–Trinajstić information content (AvgIpc) is 2.72. The third kappa shape index (κ3) is 2.79. The number of Topliss-reactive ketones (excluding diaryl/α,β-unsaturated/α-hetero) is 1. The molecule has 182 valence electrons. The first-order chi connectivity index (χ1) is 15.2. The molecule has 5 aliphatic carbocycles. The number of fused-ring (bicyclic) bond motifs is 7. The highest BCUT2D eigenvalue weighted by Crippen LogP contribution is 2.74. The Morgan fingerprint density at radius 2 is 1.61 bits per heavy atom. The summed E-state index contributed by atoms with van der Waals surface area (Å²) in [6, 6.07) is 0. The molecule has 0 bridgehead atoms. The van der Waals surface area contributed by atoms with E-state index in [1.807, 2.05) is 6.08 Å². The first-order valence-electron chi connectivity index (χ1n) is 13.2. The molecule has 4 heteroatoms. The molecule has 0 aromatic rings. The minimum absolute atomic E-state index is 0.0555. The Morgan fingerprint density at radius 3 is 2.27 bits per heavy atom. The van der Waals surface area contributed by atoms with E-state index in [0.717, 1.165) is 38.5 Å². The number of aliphatic carboxylic acids is 1. The third-order valence-corrected chi connectivity index (χ3v) is 12.2. The van der Waals surface area contributed by atoms with Crippen molar-refractivity contribution >= 4 is 17.5 Å². The monoisotopic (exact) mass is 454 g/mol. The van der Waals surface area contributed by atoms with Crippen LogP contribution in [0.15, 0.2) is 11.6 Å². The zero-order chi connectivity index (χ0) is 24.2. The predicted molar refractivity (Wildman–Crippen MR) is 127 cm³/mol. The zero-order valence-corrected chi connectivity index (χ0v) is 21.4. The van der Waals surface area contributed by atoms with Crippen molar-refractivity contribution in [2.24, 2.45) is 50.7 Å². The van der Waals surface area contributed by atoms with Gasteiger partial charge in [0.15, 0.2) is 5.78 Å². The van der Waals surface area contributed by atoms with Crippen molar-refractivity contribution < 1.29 is 19.5 Å². The van der Waals surface area contributed by atoms with Gasteiger partial charge in [0.25, 0.3) is 0 Å². The molecule has 0 amide bonds. The fourth-order valence-corrected chi connectivity index (χ4v) is 9.81. The molecule has 4 saturated carbocycles. The van der Waals surface area contributed by atoms with Crippen molar-refractivity contribution in [3.8, 4) is 0 Å². The van der Waals surface area contributed by atoms with Crippen molar-refractivity contribution in [3.63, 3.8) is 0 Å². The van der Waals surface area contributed by atoms with Gasteiger partial charge < -0.3 is 5.11 Å². The molecule has 0 aromatic heterocycles. The van der Waals surface area contributed by atoms with Crippen LogP contribution in [0.2, 0.25) is 0 Å². The van der Waals surface area contributed by atoms with Crippen LogP contribution < -0.4 is 0 Å². The molecule has 0 radical (unpaired) electrons. The summed E-state index contributed by atoms with van der Waals surface area (Å²) >= 11 is 0. The number of carboxylic acids is 1. The van der Waals surface area contributed by atoms with Gasteiger partial charge in [0.1, 0.15) is 5.78 Å². The maximum Gasteiger partial charge on any atom is 0.309 e. The molecule has 8 atom stereocenters. The van der Waals surface area contributed by atoms with Crippen LogP contribution in [0.3, 0.4) is 0 Å². The second-order valence-electron chi connectivity index (χ2n) is 13.9. The molecule has 4 fully saturated rings. The fourth-order valence-electron chi connectivity index (χ4n) is 9.81. The van der Waals surface area contributed by atoms with Crippen molar-refractivity contribution in [2.45, 2.75) is 99.3 Å². The molecule has 1 N–H and O–H groups in total. The van der Waals surface area contributed by atoms with Gasteiger partial charge in [-0.25, -0.2) is 0 Å². The van der Waals surface area contributed by atoms with Gasteiger partial charge >= 0.3 is 5.97 Å². The molecule has 0 aliphatic heterocycles. The number of carboxylic acid groups (broad SMARTS) is 1. The second kappa shape index (κ2) is 6.82.